The summed E-state index contributed by atoms with van der Waals surface area (Å²) >= 11 is 0. The van der Waals surface area contributed by atoms with Crippen molar-refractivity contribution in [2.24, 2.45) is 5.92 Å². The molecule has 2 heterocycles. The number of ether oxygens (including phenoxy) is 1. The summed E-state index contributed by atoms with van der Waals surface area (Å²) in [5.74, 6) is 1.52. The van der Waals surface area contributed by atoms with Crippen LogP contribution in [0.1, 0.15) is 32.1 Å². The number of nitrogens with two attached hydrogens (primary N) is 1. The number of hydrogen-bond donors (Lipinski definition) is 1. The highest BCUT2D eigenvalue weighted by atomic mass is 16.5. The maximum absolute atomic E-state index is 5.97. The molecule has 0 bridgehead atoms. The van der Waals surface area contributed by atoms with Crippen molar-refractivity contribution >= 4 is 5.69 Å². The fourth-order valence-corrected chi connectivity index (χ4v) is 3.58. The minimum absolute atomic E-state index is 0.675. The van der Waals surface area contributed by atoms with Crippen LogP contribution >= 0.6 is 0 Å². The van der Waals surface area contributed by atoms with Crippen LogP contribution in [0.3, 0.4) is 0 Å². The maximum atomic E-state index is 5.97. The highest BCUT2D eigenvalue weighted by Gasteiger charge is 2.33. The Bertz CT molecular complexity index is 419. The van der Waals surface area contributed by atoms with Gasteiger partial charge in [-0.1, -0.05) is 18.6 Å². The first-order valence-electron chi connectivity index (χ1n) is 7.56. The molecule has 2 aliphatic rings. The molecule has 2 N–H and O–H groups in total. The number of fused-ring (bicyclic) bond motifs is 1. The Kier molecular flexibility index (Phi) is 3.92. The smallest absolute Gasteiger partial charge is 0.142 e. The predicted molar refractivity (Wildman–Crippen MR) is 78.3 cm³/mol. The van der Waals surface area contributed by atoms with E-state index in [4.69, 9.17) is 10.5 Å². The molecule has 3 rings (SSSR count). The van der Waals surface area contributed by atoms with Crippen LogP contribution in [0.4, 0.5) is 5.69 Å². The molecular weight excluding hydrogens is 236 g/mol. The molecule has 2 fully saturated rings. The van der Waals surface area contributed by atoms with Gasteiger partial charge in [-0.25, -0.2) is 0 Å². The van der Waals surface area contributed by atoms with Crippen molar-refractivity contribution in [1.29, 1.82) is 0 Å². The molecular formula is C16H24N2O. The summed E-state index contributed by atoms with van der Waals surface area (Å²) in [4.78, 5) is 2.68. The number of nitrogen functional groups attached to an aromatic ring is 1. The summed E-state index contributed by atoms with van der Waals surface area (Å²) in [6, 6.07) is 8.55. The molecule has 1 aromatic rings. The van der Waals surface area contributed by atoms with Crippen LogP contribution < -0.4 is 10.5 Å². The van der Waals surface area contributed by atoms with Gasteiger partial charge in [-0.3, -0.25) is 4.90 Å². The molecule has 0 unspecified atom stereocenters. The van der Waals surface area contributed by atoms with E-state index in [9.17, 15) is 0 Å². The van der Waals surface area contributed by atoms with Gasteiger partial charge in [0.15, 0.2) is 0 Å². The molecule has 2 aliphatic heterocycles. The van der Waals surface area contributed by atoms with Crippen LogP contribution in [0.25, 0.3) is 0 Å². The minimum Gasteiger partial charge on any atom is -0.491 e. The first kappa shape index (κ1) is 12.8. The largest absolute Gasteiger partial charge is 0.491 e. The van der Waals surface area contributed by atoms with Gasteiger partial charge in [0.2, 0.25) is 0 Å². The lowest BCUT2D eigenvalue weighted by molar-refractivity contribution is 0.0367. The van der Waals surface area contributed by atoms with Gasteiger partial charge in [0.05, 0.1) is 12.3 Å². The molecule has 104 valence electrons. The quantitative estimate of drug-likeness (QED) is 0.849. The van der Waals surface area contributed by atoms with Gasteiger partial charge in [-0.15, -0.1) is 0 Å². The van der Waals surface area contributed by atoms with E-state index < -0.39 is 0 Å². The Hall–Kier alpha value is -1.22. The van der Waals surface area contributed by atoms with Crippen molar-refractivity contribution in [2.75, 3.05) is 25.4 Å². The summed E-state index contributed by atoms with van der Waals surface area (Å²) in [6.07, 6.45) is 6.71. The predicted octanol–water partition coefficient (Wildman–Crippen LogP) is 2.91. The molecule has 0 saturated carbocycles. The summed E-state index contributed by atoms with van der Waals surface area (Å²) in [5, 5.41) is 0. The first-order chi connectivity index (χ1) is 9.34. The number of piperidine rings is 2. The molecule has 0 radical (unpaired) electrons. The summed E-state index contributed by atoms with van der Waals surface area (Å²) in [7, 11) is 0. The van der Waals surface area contributed by atoms with Gasteiger partial charge in [-0.2, -0.15) is 0 Å². The van der Waals surface area contributed by atoms with Gasteiger partial charge in [0, 0.05) is 12.0 Å². The standard InChI is InChI=1S/C16H24N2O/c17-14-7-1-2-9-16(14)19-12-13-6-5-11-18-10-4-3-8-15(13)18/h1-2,7,9,13,15H,3-6,8,10-12,17H2/t13-,15-/m1/s1. The van der Waals surface area contributed by atoms with Crippen LogP contribution in [0.15, 0.2) is 24.3 Å². The number of nitrogens with zero attached hydrogens (tertiary/aromatic N) is 1. The molecule has 3 heteroatoms. The maximum Gasteiger partial charge on any atom is 0.142 e. The lowest BCUT2D eigenvalue weighted by Gasteiger charge is -2.44. The highest BCUT2D eigenvalue weighted by molar-refractivity contribution is 5.51. The molecule has 0 aromatic heterocycles. The Balaban J connectivity index is 1.61. The Morgan fingerprint density at radius 3 is 2.84 bits per heavy atom. The van der Waals surface area contributed by atoms with E-state index in [1.807, 2.05) is 24.3 Å². The second-order valence-electron chi connectivity index (χ2n) is 5.85. The molecule has 0 spiro atoms. The molecule has 0 aliphatic carbocycles. The Morgan fingerprint density at radius 1 is 1.11 bits per heavy atom. The zero-order chi connectivity index (χ0) is 13.1. The van der Waals surface area contributed by atoms with Crippen LogP contribution in [-0.4, -0.2) is 30.6 Å². The average molecular weight is 260 g/mol. The third kappa shape index (κ3) is 2.86. The van der Waals surface area contributed by atoms with Crippen molar-refractivity contribution < 1.29 is 4.74 Å². The van der Waals surface area contributed by atoms with Crippen LogP contribution in [0.2, 0.25) is 0 Å². The van der Waals surface area contributed by atoms with Crippen LogP contribution in [-0.2, 0) is 0 Å². The lowest BCUT2D eigenvalue weighted by atomic mass is 9.84. The molecule has 0 amide bonds. The number of hydrogen-bond acceptors (Lipinski definition) is 3. The van der Waals surface area contributed by atoms with Gasteiger partial charge in [0.1, 0.15) is 5.75 Å². The Morgan fingerprint density at radius 2 is 1.95 bits per heavy atom. The second-order valence-corrected chi connectivity index (χ2v) is 5.85. The molecule has 2 saturated heterocycles. The van der Waals surface area contributed by atoms with Crippen molar-refractivity contribution in [3.63, 3.8) is 0 Å². The van der Waals surface area contributed by atoms with E-state index >= 15 is 0 Å². The van der Waals surface area contributed by atoms with Crippen LogP contribution in [0.5, 0.6) is 5.75 Å². The fourth-order valence-electron chi connectivity index (χ4n) is 3.58. The summed E-state index contributed by atoms with van der Waals surface area (Å²) in [6.45, 7) is 3.39. The highest BCUT2D eigenvalue weighted by Crippen LogP contribution is 2.32. The van der Waals surface area contributed by atoms with Crippen molar-refractivity contribution in [3.8, 4) is 5.75 Å². The summed E-state index contributed by atoms with van der Waals surface area (Å²) in [5.41, 5.74) is 6.68. The normalized spacial score (nSPS) is 27.8. The van der Waals surface area contributed by atoms with E-state index in [2.05, 4.69) is 4.90 Å². The monoisotopic (exact) mass is 260 g/mol. The van der Waals surface area contributed by atoms with Gasteiger partial charge in [0.25, 0.3) is 0 Å². The third-order valence-electron chi connectivity index (χ3n) is 4.60. The van der Waals surface area contributed by atoms with E-state index in [0.717, 1.165) is 24.1 Å². The molecule has 3 nitrogen and oxygen atoms in total. The van der Waals surface area contributed by atoms with Crippen LogP contribution in [0, 0.1) is 5.92 Å². The Labute approximate surface area is 115 Å². The van der Waals surface area contributed by atoms with E-state index in [0.29, 0.717) is 5.92 Å². The first-order valence-corrected chi connectivity index (χ1v) is 7.56. The molecule has 1 aromatic carbocycles. The second kappa shape index (κ2) is 5.83. The average Bonchev–Trinajstić information content (AvgIpc) is 2.46. The van der Waals surface area contributed by atoms with E-state index in [1.165, 1.54) is 45.2 Å². The van der Waals surface area contributed by atoms with Gasteiger partial charge >= 0.3 is 0 Å². The van der Waals surface area contributed by atoms with Crippen molar-refractivity contribution in [1.82, 2.24) is 4.90 Å². The minimum atomic E-state index is 0.675. The van der Waals surface area contributed by atoms with E-state index in [1.54, 1.807) is 0 Å². The number of anilines is 1. The zero-order valence-corrected chi connectivity index (χ0v) is 11.6. The topological polar surface area (TPSA) is 38.5 Å². The molecule has 19 heavy (non-hydrogen) atoms. The fraction of sp³-hybridized carbons (Fsp3) is 0.625. The number of rotatable bonds is 3. The third-order valence-corrected chi connectivity index (χ3v) is 4.60. The van der Waals surface area contributed by atoms with E-state index in [-0.39, 0.29) is 0 Å². The zero-order valence-electron chi connectivity index (χ0n) is 11.6. The van der Waals surface area contributed by atoms with Gasteiger partial charge in [-0.05, 0) is 50.9 Å². The number of para-hydroxylation sites is 2. The van der Waals surface area contributed by atoms with Crippen molar-refractivity contribution in [3.05, 3.63) is 24.3 Å². The summed E-state index contributed by atoms with van der Waals surface area (Å²) < 4.78 is 5.97. The van der Waals surface area contributed by atoms with Crippen molar-refractivity contribution in [2.45, 2.75) is 38.1 Å². The lowest BCUT2D eigenvalue weighted by Crippen LogP contribution is -2.49. The van der Waals surface area contributed by atoms with Gasteiger partial charge < -0.3 is 10.5 Å². The number of benzene rings is 1. The SMILES string of the molecule is Nc1ccccc1OC[C@H]1CCCN2CCCC[C@H]12. The molecule has 2 atom stereocenters.